The van der Waals surface area contributed by atoms with Crippen LogP contribution in [0.2, 0.25) is 0 Å². The van der Waals surface area contributed by atoms with Gasteiger partial charge in [0, 0.05) is 37.8 Å². The molecule has 1 aliphatic rings. The second-order valence-corrected chi connectivity index (χ2v) is 6.23. The van der Waals surface area contributed by atoms with Crippen molar-refractivity contribution in [3.63, 3.8) is 0 Å². The van der Waals surface area contributed by atoms with Crippen molar-refractivity contribution in [1.82, 2.24) is 14.7 Å². The summed E-state index contributed by atoms with van der Waals surface area (Å²) in [5, 5.41) is 13.1. The summed E-state index contributed by atoms with van der Waals surface area (Å²) in [7, 11) is 1.89. The molecule has 1 amide bonds. The van der Waals surface area contributed by atoms with Gasteiger partial charge >= 0.3 is 5.97 Å². The molecule has 1 atom stereocenters. The molecule has 0 radical (unpaired) electrons. The topological polar surface area (TPSA) is 75.4 Å². The van der Waals surface area contributed by atoms with Crippen molar-refractivity contribution in [2.75, 3.05) is 13.1 Å². The van der Waals surface area contributed by atoms with Crippen LogP contribution in [0.1, 0.15) is 42.6 Å². The fourth-order valence-electron chi connectivity index (χ4n) is 3.19. The number of rotatable bonds is 5. The molecule has 6 nitrogen and oxygen atoms in total. The predicted octanol–water partition coefficient (Wildman–Crippen LogP) is 1.68. The molecule has 0 aromatic carbocycles. The number of carbonyl (C=O) groups excluding carboxylic acids is 1. The highest BCUT2D eigenvalue weighted by atomic mass is 16.4. The van der Waals surface area contributed by atoms with E-state index in [9.17, 15) is 9.59 Å². The van der Waals surface area contributed by atoms with Gasteiger partial charge in [0.1, 0.15) is 0 Å². The number of aryl methyl sites for hydroxylation is 2. The van der Waals surface area contributed by atoms with Crippen LogP contribution in [0.5, 0.6) is 0 Å². The fourth-order valence-corrected chi connectivity index (χ4v) is 3.19. The van der Waals surface area contributed by atoms with Crippen molar-refractivity contribution in [1.29, 1.82) is 0 Å². The van der Waals surface area contributed by atoms with Crippen LogP contribution in [0.15, 0.2) is 0 Å². The molecule has 1 aromatic rings. The molecule has 1 saturated heterocycles. The number of carbonyl (C=O) groups is 2. The van der Waals surface area contributed by atoms with Crippen LogP contribution in [-0.4, -0.2) is 44.8 Å². The minimum atomic E-state index is -0.759. The molecule has 0 bridgehead atoms. The highest BCUT2D eigenvalue weighted by Crippen LogP contribution is 2.22. The maximum absolute atomic E-state index is 12.5. The smallest absolute Gasteiger partial charge is 0.303 e. The van der Waals surface area contributed by atoms with E-state index in [1.807, 2.05) is 30.5 Å². The number of carboxylic acid groups (broad SMARTS) is 1. The quantitative estimate of drug-likeness (QED) is 0.898. The number of likely N-dealkylation sites (tertiary alicyclic amines) is 1. The molecular formula is C16H25N3O3. The van der Waals surface area contributed by atoms with E-state index in [-0.39, 0.29) is 12.3 Å². The SMILES string of the molecule is Cc1nn(C)c(C)c1CC(=O)N1CCC[C@H](CCC(=O)O)C1. The van der Waals surface area contributed by atoms with Crippen LogP contribution in [0.4, 0.5) is 0 Å². The largest absolute Gasteiger partial charge is 0.481 e. The molecule has 122 valence electrons. The summed E-state index contributed by atoms with van der Waals surface area (Å²) in [6.45, 7) is 5.38. The first-order valence-electron chi connectivity index (χ1n) is 7.87. The van der Waals surface area contributed by atoms with Gasteiger partial charge in [0.05, 0.1) is 12.1 Å². The molecule has 0 saturated carbocycles. The summed E-state index contributed by atoms with van der Waals surface area (Å²) in [5.74, 6) is -0.325. The lowest BCUT2D eigenvalue weighted by molar-refractivity contribution is -0.137. The lowest BCUT2D eigenvalue weighted by Gasteiger charge is -2.32. The minimum Gasteiger partial charge on any atom is -0.481 e. The zero-order chi connectivity index (χ0) is 16.3. The Morgan fingerprint density at radius 2 is 2.09 bits per heavy atom. The molecule has 2 rings (SSSR count). The van der Waals surface area contributed by atoms with Gasteiger partial charge in [-0.25, -0.2) is 0 Å². The second kappa shape index (κ2) is 6.94. The first-order valence-corrected chi connectivity index (χ1v) is 7.87. The monoisotopic (exact) mass is 307 g/mol. The van der Waals surface area contributed by atoms with Crippen molar-refractivity contribution < 1.29 is 14.7 Å². The highest BCUT2D eigenvalue weighted by Gasteiger charge is 2.25. The first kappa shape index (κ1) is 16.5. The molecule has 0 unspecified atom stereocenters. The third-order valence-electron chi connectivity index (χ3n) is 4.63. The van der Waals surface area contributed by atoms with E-state index in [4.69, 9.17) is 5.11 Å². The van der Waals surface area contributed by atoms with Crippen LogP contribution in [0.25, 0.3) is 0 Å². The molecule has 2 heterocycles. The highest BCUT2D eigenvalue weighted by molar-refractivity contribution is 5.79. The number of hydrogen-bond donors (Lipinski definition) is 1. The Hall–Kier alpha value is -1.85. The number of aromatic nitrogens is 2. The van der Waals surface area contributed by atoms with E-state index in [1.165, 1.54) is 0 Å². The van der Waals surface area contributed by atoms with Gasteiger partial charge in [-0.1, -0.05) is 0 Å². The molecular weight excluding hydrogens is 282 g/mol. The third kappa shape index (κ3) is 3.87. The second-order valence-electron chi connectivity index (χ2n) is 6.23. The zero-order valence-electron chi connectivity index (χ0n) is 13.6. The lowest BCUT2D eigenvalue weighted by atomic mass is 9.93. The zero-order valence-corrected chi connectivity index (χ0v) is 13.6. The summed E-state index contributed by atoms with van der Waals surface area (Å²) < 4.78 is 1.81. The Labute approximate surface area is 131 Å². The van der Waals surface area contributed by atoms with E-state index in [1.54, 1.807) is 0 Å². The van der Waals surface area contributed by atoms with Gasteiger partial charge in [-0.3, -0.25) is 14.3 Å². The van der Waals surface area contributed by atoms with Crippen molar-refractivity contribution >= 4 is 11.9 Å². The maximum Gasteiger partial charge on any atom is 0.303 e. The normalized spacial score (nSPS) is 18.5. The molecule has 0 aliphatic carbocycles. The van der Waals surface area contributed by atoms with Crippen LogP contribution in [0.3, 0.4) is 0 Å². The third-order valence-corrected chi connectivity index (χ3v) is 4.63. The van der Waals surface area contributed by atoms with Gasteiger partial charge in [-0.15, -0.1) is 0 Å². The molecule has 1 aromatic heterocycles. The Morgan fingerprint density at radius 1 is 1.36 bits per heavy atom. The van der Waals surface area contributed by atoms with E-state index >= 15 is 0 Å². The van der Waals surface area contributed by atoms with E-state index < -0.39 is 5.97 Å². The first-order chi connectivity index (χ1) is 10.4. The number of aliphatic carboxylic acids is 1. The summed E-state index contributed by atoms with van der Waals surface area (Å²) >= 11 is 0. The van der Waals surface area contributed by atoms with Gasteiger partial charge < -0.3 is 10.0 Å². The molecule has 6 heteroatoms. The van der Waals surface area contributed by atoms with Crippen molar-refractivity contribution in [2.24, 2.45) is 13.0 Å². The number of hydrogen-bond acceptors (Lipinski definition) is 3. The Morgan fingerprint density at radius 3 is 2.68 bits per heavy atom. The van der Waals surface area contributed by atoms with Crippen LogP contribution in [0, 0.1) is 19.8 Å². The maximum atomic E-state index is 12.5. The number of carboxylic acids is 1. The summed E-state index contributed by atoms with van der Waals surface area (Å²) in [4.78, 5) is 25.1. The van der Waals surface area contributed by atoms with Crippen LogP contribution >= 0.6 is 0 Å². The molecule has 1 aliphatic heterocycles. The average molecular weight is 307 g/mol. The summed E-state index contributed by atoms with van der Waals surface area (Å²) in [6, 6.07) is 0. The van der Waals surface area contributed by atoms with Gasteiger partial charge in [0.25, 0.3) is 0 Å². The predicted molar refractivity (Wildman–Crippen MR) is 82.6 cm³/mol. The molecule has 1 N–H and O–H groups in total. The van der Waals surface area contributed by atoms with Gasteiger partial charge in [-0.2, -0.15) is 5.10 Å². The number of piperidine rings is 1. The Bertz CT molecular complexity index is 565. The van der Waals surface area contributed by atoms with E-state index in [0.717, 1.165) is 36.3 Å². The minimum absolute atomic E-state index is 0.124. The van der Waals surface area contributed by atoms with Crippen LogP contribution in [-0.2, 0) is 23.1 Å². The summed E-state index contributed by atoms with van der Waals surface area (Å²) in [6.07, 6.45) is 3.21. The van der Waals surface area contributed by atoms with Crippen molar-refractivity contribution in [3.8, 4) is 0 Å². The molecule has 1 fully saturated rings. The van der Waals surface area contributed by atoms with E-state index in [0.29, 0.717) is 25.3 Å². The van der Waals surface area contributed by atoms with Gasteiger partial charge in [0.2, 0.25) is 5.91 Å². The number of amides is 1. The number of nitrogens with zero attached hydrogens (tertiary/aromatic N) is 3. The molecule has 0 spiro atoms. The Balaban J connectivity index is 1.95. The fraction of sp³-hybridized carbons (Fsp3) is 0.688. The van der Waals surface area contributed by atoms with Crippen molar-refractivity contribution in [2.45, 2.75) is 46.0 Å². The lowest BCUT2D eigenvalue weighted by Crippen LogP contribution is -2.41. The summed E-state index contributed by atoms with van der Waals surface area (Å²) in [5.41, 5.74) is 2.96. The average Bonchev–Trinajstić information content (AvgIpc) is 2.72. The van der Waals surface area contributed by atoms with Gasteiger partial charge in [0.15, 0.2) is 0 Å². The standard InChI is InChI=1S/C16H25N3O3/c1-11-14(12(2)18(3)17-11)9-15(20)19-8-4-5-13(10-19)6-7-16(21)22/h13H,4-10H2,1-3H3,(H,21,22)/t13-/m1/s1. The van der Waals surface area contributed by atoms with Crippen LogP contribution < -0.4 is 0 Å². The van der Waals surface area contributed by atoms with Gasteiger partial charge in [-0.05, 0) is 39.0 Å². The van der Waals surface area contributed by atoms with E-state index in [2.05, 4.69) is 5.10 Å². The van der Waals surface area contributed by atoms with Crippen molar-refractivity contribution in [3.05, 3.63) is 17.0 Å². The Kier molecular flexibility index (Phi) is 5.21. The molecule has 22 heavy (non-hydrogen) atoms.